The minimum Gasteiger partial charge on any atom is -0.507 e. The van der Waals surface area contributed by atoms with Crippen molar-refractivity contribution in [3.05, 3.63) is 58.6 Å². The van der Waals surface area contributed by atoms with Gasteiger partial charge in [0.15, 0.2) is 0 Å². The summed E-state index contributed by atoms with van der Waals surface area (Å²) in [5.74, 6) is 0.956. The van der Waals surface area contributed by atoms with Crippen LogP contribution in [0.2, 0.25) is 5.02 Å². The first-order valence-electron chi connectivity index (χ1n) is 6.26. The molecule has 0 radical (unpaired) electrons. The number of methoxy groups -OCH3 is 1. The molecule has 104 valence electrons. The van der Waals surface area contributed by atoms with Crippen molar-refractivity contribution < 1.29 is 9.84 Å². The van der Waals surface area contributed by atoms with E-state index in [1.165, 1.54) is 0 Å². The highest BCUT2D eigenvalue weighted by Gasteiger charge is 2.09. The molecule has 0 amide bonds. The van der Waals surface area contributed by atoms with E-state index in [1.807, 2.05) is 31.2 Å². The predicted octanol–water partition coefficient (Wildman–Crippen LogP) is 4.23. The van der Waals surface area contributed by atoms with Gasteiger partial charge in [-0.1, -0.05) is 29.8 Å². The third-order valence-electron chi connectivity index (χ3n) is 3.02. The van der Waals surface area contributed by atoms with Crippen molar-refractivity contribution in [1.29, 1.82) is 0 Å². The number of rotatable bonds is 4. The normalized spacial score (nSPS) is 12.6. The Bertz CT molecular complexity index is 626. The Kier molecular flexibility index (Phi) is 4.64. The summed E-state index contributed by atoms with van der Waals surface area (Å²) >= 11 is 5.90. The van der Waals surface area contributed by atoms with E-state index in [-0.39, 0.29) is 11.8 Å². The molecule has 0 spiro atoms. The molecule has 20 heavy (non-hydrogen) atoms. The third-order valence-corrected chi connectivity index (χ3v) is 3.25. The maximum absolute atomic E-state index is 9.74. The summed E-state index contributed by atoms with van der Waals surface area (Å²) < 4.78 is 5.32. The summed E-state index contributed by atoms with van der Waals surface area (Å²) in [4.78, 5) is 4.45. The lowest BCUT2D eigenvalue weighted by atomic mass is 10.1. The molecule has 4 heteroatoms. The highest BCUT2D eigenvalue weighted by Crippen LogP contribution is 2.27. The molecule has 0 aliphatic carbocycles. The Morgan fingerprint density at radius 2 is 2.00 bits per heavy atom. The molecule has 0 aliphatic heterocycles. The topological polar surface area (TPSA) is 41.8 Å². The average Bonchev–Trinajstić information content (AvgIpc) is 2.47. The Morgan fingerprint density at radius 3 is 2.75 bits per heavy atom. The molecule has 0 fully saturated rings. The molecule has 1 atom stereocenters. The standard InChI is InChI=1S/C16H16ClNO2/c1-11(14-5-3-4-6-16(14)20-2)18-10-12-9-13(17)7-8-15(12)19/h3-11,19H,1-2H3/t11-/m1/s1. The van der Waals surface area contributed by atoms with Crippen LogP contribution in [0.1, 0.15) is 24.1 Å². The van der Waals surface area contributed by atoms with Gasteiger partial charge in [0, 0.05) is 22.4 Å². The molecule has 0 aliphatic rings. The van der Waals surface area contributed by atoms with Crippen LogP contribution in [-0.2, 0) is 0 Å². The Labute approximate surface area is 123 Å². The lowest BCUT2D eigenvalue weighted by Crippen LogP contribution is -1.96. The van der Waals surface area contributed by atoms with Gasteiger partial charge in [-0.25, -0.2) is 0 Å². The van der Waals surface area contributed by atoms with Crippen LogP contribution in [0.25, 0.3) is 0 Å². The number of ether oxygens (including phenoxy) is 1. The van der Waals surface area contributed by atoms with Crippen LogP contribution in [-0.4, -0.2) is 18.4 Å². The molecule has 0 aromatic heterocycles. The molecule has 0 saturated carbocycles. The second-order valence-corrected chi connectivity index (χ2v) is 4.84. The molecule has 0 unspecified atom stereocenters. The molecule has 0 saturated heterocycles. The Morgan fingerprint density at radius 1 is 1.25 bits per heavy atom. The van der Waals surface area contributed by atoms with Gasteiger partial charge < -0.3 is 9.84 Å². The lowest BCUT2D eigenvalue weighted by molar-refractivity contribution is 0.407. The van der Waals surface area contributed by atoms with Crippen LogP contribution in [0.15, 0.2) is 47.5 Å². The summed E-state index contributed by atoms with van der Waals surface area (Å²) in [6.07, 6.45) is 1.62. The van der Waals surface area contributed by atoms with E-state index in [0.717, 1.165) is 11.3 Å². The largest absolute Gasteiger partial charge is 0.507 e. The molecular formula is C16H16ClNO2. The van der Waals surface area contributed by atoms with Crippen LogP contribution >= 0.6 is 11.6 Å². The summed E-state index contributed by atoms with van der Waals surface area (Å²) in [5, 5.41) is 10.3. The van der Waals surface area contributed by atoms with Crippen molar-refractivity contribution in [3.8, 4) is 11.5 Å². The van der Waals surface area contributed by atoms with Gasteiger partial charge in [-0.15, -0.1) is 0 Å². The predicted molar refractivity (Wildman–Crippen MR) is 82.1 cm³/mol. The van der Waals surface area contributed by atoms with E-state index >= 15 is 0 Å². The molecule has 2 rings (SSSR count). The van der Waals surface area contributed by atoms with Gasteiger partial charge in [-0.05, 0) is 31.2 Å². The van der Waals surface area contributed by atoms with Crippen molar-refractivity contribution in [2.45, 2.75) is 13.0 Å². The van der Waals surface area contributed by atoms with E-state index in [9.17, 15) is 5.11 Å². The van der Waals surface area contributed by atoms with Crippen molar-refractivity contribution >= 4 is 17.8 Å². The highest BCUT2D eigenvalue weighted by atomic mass is 35.5. The summed E-state index contributed by atoms with van der Waals surface area (Å²) in [7, 11) is 1.64. The summed E-state index contributed by atoms with van der Waals surface area (Å²) in [5.41, 5.74) is 1.59. The highest BCUT2D eigenvalue weighted by molar-refractivity contribution is 6.30. The van der Waals surface area contributed by atoms with Gasteiger partial charge in [0.1, 0.15) is 11.5 Å². The molecule has 0 bridgehead atoms. The average molecular weight is 290 g/mol. The van der Waals surface area contributed by atoms with Gasteiger partial charge in [0.25, 0.3) is 0 Å². The molecule has 3 nitrogen and oxygen atoms in total. The maximum Gasteiger partial charge on any atom is 0.124 e. The fraction of sp³-hybridized carbons (Fsp3) is 0.188. The summed E-state index contributed by atoms with van der Waals surface area (Å²) in [6, 6.07) is 12.5. The minimum absolute atomic E-state index is 0.0791. The zero-order chi connectivity index (χ0) is 14.5. The van der Waals surface area contributed by atoms with Crippen LogP contribution in [0.4, 0.5) is 0 Å². The zero-order valence-electron chi connectivity index (χ0n) is 11.4. The molecule has 0 heterocycles. The van der Waals surface area contributed by atoms with Crippen molar-refractivity contribution in [2.75, 3.05) is 7.11 Å². The van der Waals surface area contributed by atoms with Gasteiger partial charge in [-0.3, -0.25) is 4.99 Å². The third kappa shape index (κ3) is 3.31. The maximum atomic E-state index is 9.74. The van der Waals surface area contributed by atoms with Crippen LogP contribution in [0.3, 0.4) is 0 Å². The molecular weight excluding hydrogens is 274 g/mol. The molecule has 2 aromatic rings. The molecule has 1 N–H and O–H groups in total. The number of nitrogens with zero attached hydrogens (tertiary/aromatic N) is 1. The van der Waals surface area contributed by atoms with Crippen molar-refractivity contribution in [2.24, 2.45) is 4.99 Å². The first-order valence-corrected chi connectivity index (χ1v) is 6.64. The number of halogens is 1. The zero-order valence-corrected chi connectivity index (χ0v) is 12.1. The first-order chi connectivity index (χ1) is 9.61. The quantitative estimate of drug-likeness (QED) is 0.856. The Hall–Kier alpha value is -2.00. The van der Waals surface area contributed by atoms with Gasteiger partial charge in [0.2, 0.25) is 0 Å². The smallest absolute Gasteiger partial charge is 0.124 e. The number of phenols is 1. The number of aromatic hydroxyl groups is 1. The Balaban J connectivity index is 2.24. The second-order valence-electron chi connectivity index (χ2n) is 4.40. The summed E-state index contributed by atoms with van der Waals surface area (Å²) in [6.45, 7) is 1.97. The van der Waals surface area contributed by atoms with E-state index in [2.05, 4.69) is 4.99 Å². The number of benzene rings is 2. The van der Waals surface area contributed by atoms with Crippen LogP contribution < -0.4 is 4.74 Å². The van der Waals surface area contributed by atoms with Gasteiger partial charge >= 0.3 is 0 Å². The number of para-hydroxylation sites is 1. The monoisotopic (exact) mass is 289 g/mol. The fourth-order valence-electron chi connectivity index (χ4n) is 1.91. The van der Waals surface area contributed by atoms with Gasteiger partial charge in [0.05, 0.1) is 13.2 Å². The first kappa shape index (κ1) is 14.4. The number of phenolic OH excluding ortho intramolecular Hbond substituents is 1. The number of aliphatic imine (C=N–C) groups is 1. The minimum atomic E-state index is -0.0791. The van der Waals surface area contributed by atoms with E-state index in [0.29, 0.717) is 10.6 Å². The van der Waals surface area contributed by atoms with Gasteiger partial charge in [-0.2, -0.15) is 0 Å². The second kappa shape index (κ2) is 6.44. The van der Waals surface area contributed by atoms with E-state index in [4.69, 9.17) is 16.3 Å². The van der Waals surface area contributed by atoms with E-state index < -0.39 is 0 Å². The number of hydrogen-bond donors (Lipinski definition) is 1. The SMILES string of the molecule is COc1ccccc1[C@@H](C)N=Cc1cc(Cl)ccc1O. The fourth-order valence-corrected chi connectivity index (χ4v) is 2.09. The van der Waals surface area contributed by atoms with Crippen LogP contribution in [0.5, 0.6) is 11.5 Å². The van der Waals surface area contributed by atoms with Crippen molar-refractivity contribution in [3.63, 3.8) is 0 Å². The van der Waals surface area contributed by atoms with Crippen LogP contribution in [0, 0.1) is 0 Å². The van der Waals surface area contributed by atoms with E-state index in [1.54, 1.807) is 31.5 Å². The lowest BCUT2D eigenvalue weighted by Gasteiger charge is -2.11. The number of hydrogen-bond acceptors (Lipinski definition) is 3. The molecule has 2 aromatic carbocycles. The van der Waals surface area contributed by atoms with Crippen molar-refractivity contribution in [1.82, 2.24) is 0 Å².